The Morgan fingerprint density at radius 3 is 0.867 bits per heavy atom. The summed E-state index contributed by atoms with van der Waals surface area (Å²) in [7, 11) is 0. The molecule has 0 bridgehead atoms. The molecule has 0 aliphatic carbocycles. The molecular formula is C12H30Ge2O. The molecular weight excluding hydrogens is 305 g/mol. The van der Waals surface area contributed by atoms with Crippen molar-refractivity contribution in [2.24, 2.45) is 0 Å². The standard InChI is InChI=1S/C12H30Ge2O/c1-7-13(8-2,9-3)15-14(10-4,11-5)12-6/h7-12H2,1-6H3. The van der Waals surface area contributed by atoms with Gasteiger partial charge in [-0.05, 0) is 0 Å². The Labute approximate surface area is 103 Å². The van der Waals surface area contributed by atoms with Gasteiger partial charge >= 0.3 is 103 Å². The van der Waals surface area contributed by atoms with E-state index in [1.54, 1.807) is 0 Å². The van der Waals surface area contributed by atoms with E-state index in [2.05, 4.69) is 41.5 Å². The van der Waals surface area contributed by atoms with E-state index in [1.807, 2.05) is 0 Å². The van der Waals surface area contributed by atoms with Gasteiger partial charge in [-0.1, -0.05) is 0 Å². The van der Waals surface area contributed by atoms with E-state index in [-0.39, 0.29) is 0 Å². The zero-order valence-corrected chi connectivity index (χ0v) is 15.8. The molecule has 0 aliphatic heterocycles. The Bertz CT molecular complexity index is 128. The van der Waals surface area contributed by atoms with Crippen LogP contribution in [0.15, 0.2) is 0 Å². The van der Waals surface area contributed by atoms with E-state index in [0.29, 0.717) is 0 Å². The Morgan fingerprint density at radius 1 is 0.533 bits per heavy atom. The molecule has 0 saturated carbocycles. The first-order valence-corrected chi connectivity index (χ1v) is 17.4. The average molecular weight is 336 g/mol. The predicted molar refractivity (Wildman–Crippen MR) is 75.5 cm³/mol. The molecule has 0 aromatic rings. The quantitative estimate of drug-likeness (QED) is 0.566. The molecule has 0 saturated heterocycles. The van der Waals surface area contributed by atoms with Crippen molar-refractivity contribution in [3.05, 3.63) is 0 Å². The van der Waals surface area contributed by atoms with Gasteiger partial charge in [0.05, 0.1) is 0 Å². The van der Waals surface area contributed by atoms with Crippen molar-refractivity contribution < 1.29 is 2.79 Å². The Kier molecular flexibility index (Phi) is 7.90. The topological polar surface area (TPSA) is 9.23 Å². The fourth-order valence-electron chi connectivity index (χ4n) is 2.39. The summed E-state index contributed by atoms with van der Waals surface area (Å²) in [5, 5.41) is 8.17. The van der Waals surface area contributed by atoms with Crippen molar-refractivity contribution in [2.45, 2.75) is 73.1 Å². The van der Waals surface area contributed by atoms with Crippen molar-refractivity contribution in [2.75, 3.05) is 0 Å². The SMILES string of the molecule is C[CH2][Ge]([CH2]C)([CH2]C)[O][Ge]([CH2]C)([CH2]C)[CH2]C. The Balaban J connectivity index is 4.74. The Hall–Kier alpha value is 1.05. The molecule has 0 rings (SSSR count). The van der Waals surface area contributed by atoms with Gasteiger partial charge in [-0.25, -0.2) is 0 Å². The van der Waals surface area contributed by atoms with Gasteiger partial charge in [-0.3, -0.25) is 0 Å². The monoisotopic (exact) mass is 338 g/mol. The van der Waals surface area contributed by atoms with Crippen LogP contribution in [0.1, 0.15) is 41.5 Å². The summed E-state index contributed by atoms with van der Waals surface area (Å²) in [5.41, 5.74) is 0. The van der Waals surface area contributed by atoms with Crippen LogP contribution in [-0.4, -0.2) is 27.2 Å². The third-order valence-corrected chi connectivity index (χ3v) is 31.8. The minimum atomic E-state index is -1.87. The third kappa shape index (κ3) is 4.08. The van der Waals surface area contributed by atoms with Crippen LogP contribution in [0, 0.1) is 0 Å². The molecule has 0 amide bonds. The predicted octanol–water partition coefficient (Wildman–Crippen LogP) is 5.01. The van der Waals surface area contributed by atoms with Crippen LogP contribution in [0.3, 0.4) is 0 Å². The average Bonchev–Trinajstić information content (AvgIpc) is 2.33. The van der Waals surface area contributed by atoms with E-state index in [9.17, 15) is 0 Å². The van der Waals surface area contributed by atoms with Crippen molar-refractivity contribution in [1.29, 1.82) is 0 Å². The zero-order valence-electron chi connectivity index (χ0n) is 11.7. The molecule has 92 valence electrons. The second-order valence-corrected chi connectivity index (χ2v) is 26.1. The molecule has 0 fully saturated rings. The van der Waals surface area contributed by atoms with Crippen molar-refractivity contribution in [1.82, 2.24) is 0 Å². The summed E-state index contributed by atoms with van der Waals surface area (Å²) in [6.07, 6.45) is 0. The molecule has 0 spiro atoms. The molecule has 15 heavy (non-hydrogen) atoms. The maximum atomic E-state index is 6.90. The molecule has 0 atom stereocenters. The fraction of sp³-hybridized carbons (Fsp3) is 1.00. The summed E-state index contributed by atoms with van der Waals surface area (Å²) in [4.78, 5) is 0. The summed E-state index contributed by atoms with van der Waals surface area (Å²) < 4.78 is 6.90. The number of rotatable bonds is 8. The van der Waals surface area contributed by atoms with Gasteiger partial charge < -0.3 is 0 Å². The second-order valence-electron chi connectivity index (χ2n) is 4.59. The van der Waals surface area contributed by atoms with Gasteiger partial charge in [-0.15, -0.1) is 0 Å². The van der Waals surface area contributed by atoms with Gasteiger partial charge in [0.25, 0.3) is 0 Å². The molecule has 0 aliphatic rings. The van der Waals surface area contributed by atoms with Crippen molar-refractivity contribution in [3.8, 4) is 0 Å². The van der Waals surface area contributed by atoms with E-state index in [1.165, 1.54) is 31.5 Å². The van der Waals surface area contributed by atoms with Crippen molar-refractivity contribution in [3.63, 3.8) is 0 Å². The minimum absolute atomic E-state index is 1.36. The van der Waals surface area contributed by atoms with Crippen LogP contribution in [0.4, 0.5) is 0 Å². The van der Waals surface area contributed by atoms with Crippen molar-refractivity contribution >= 4 is 27.2 Å². The van der Waals surface area contributed by atoms with Gasteiger partial charge in [0.1, 0.15) is 0 Å². The van der Waals surface area contributed by atoms with Gasteiger partial charge in [0.2, 0.25) is 0 Å². The summed E-state index contributed by atoms with van der Waals surface area (Å²) >= 11 is -3.74. The first-order chi connectivity index (χ1) is 7.07. The van der Waals surface area contributed by atoms with E-state index in [0.717, 1.165) is 0 Å². The molecule has 0 radical (unpaired) electrons. The number of hydrogen-bond donors (Lipinski definition) is 0. The first-order valence-electron chi connectivity index (χ1n) is 6.77. The van der Waals surface area contributed by atoms with E-state index >= 15 is 0 Å². The third-order valence-electron chi connectivity index (χ3n) is 4.30. The molecule has 0 aromatic carbocycles. The first kappa shape index (κ1) is 16.0. The van der Waals surface area contributed by atoms with Crippen LogP contribution in [-0.2, 0) is 2.79 Å². The van der Waals surface area contributed by atoms with Crippen LogP contribution in [0.5, 0.6) is 0 Å². The second kappa shape index (κ2) is 7.39. The fourth-order valence-corrected chi connectivity index (χ4v) is 31.9. The number of hydrogen-bond acceptors (Lipinski definition) is 1. The molecule has 0 N–H and O–H groups in total. The summed E-state index contributed by atoms with van der Waals surface area (Å²) in [6, 6.07) is 0. The van der Waals surface area contributed by atoms with Crippen LogP contribution < -0.4 is 0 Å². The molecule has 0 unspecified atom stereocenters. The summed E-state index contributed by atoms with van der Waals surface area (Å²) in [6.45, 7) is 14.2. The van der Waals surface area contributed by atoms with E-state index < -0.39 is 27.2 Å². The normalized spacial score (nSPS) is 13.2. The van der Waals surface area contributed by atoms with Crippen LogP contribution >= 0.6 is 0 Å². The van der Waals surface area contributed by atoms with Gasteiger partial charge in [-0.2, -0.15) is 0 Å². The Morgan fingerprint density at radius 2 is 0.733 bits per heavy atom. The molecule has 0 aromatic heterocycles. The molecule has 0 heterocycles. The van der Waals surface area contributed by atoms with Crippen LogP contribution in [0.25, 0.3) is 0 Å². The van der Waals surface area contributed by atoms with Gasteiger partial charge in [0, 0.05) is 0 Å². The summed E-state index contributed by atoms with van der Waals surface area (Å²) in [5.74, 6) is 0. The van der Waals surface area contributed by atoms with E-state index in [4.69, 9.17) is 2.79 Å². The van der Waals surface area contributed by atoms with Crippen LogP contribution in [0.2, 0.25) is 31.5 Å². The molecule has 3 heteroatoms. The zero-order chi connectivity index (χ0) is 11.9. The van der Waals surface area contributed by atoms with Gasteiger partial charge in [0.15, 0.2) is 0 Å². The molecule has 1 nitrogen and oxygen atoms in total. The maximum absolute atomic E-state index is 6.90.